The Morgan fingerprint density at radius 2 is 1.25 bits per heavy atom. The van der Waals surface area contributed by atoms with Crippen molar-refractivity contribution in [1.29, 1.82) is 0 Å². The van der Waals surface area contributed by atoms with E-state index in [1.807, 2.05) is 0 Å². The van der Waals surface area contributed by atoms with Crippen molar-refractivity contribution in [3.8, 4) is 23.2 Å². The van der Waals surface area contributed by atoms with Gasteiger partial charge in [0.1, 0.15) is 22.9 Å². The van der Waals surface area contributed by atoms with Gasteiger partial charge in [0.15, 0.2) is 11.4 Å². The zero-order valence-corrected chi connectivity index (χ0v) is 12.6. The first kappa shape index (κ1) is 15.4. The van der Waals surface area contributed by atoms with Gasteiger partial charge in [-0.05, 0) is 26.0 Å². The monoisotopic (exact) mass is 329 g/mol. The van der Waals surface area contributed by atoms with Gasteiger partial charge in [-0.25, -0.2) is 24.5 Å². The fourth-order valence-electron chi connectivity index (χ4n) is 2.08. The normalized spacial score (nSPS) is 10.8. The molecule has 9 nitrogen and oxygen atoms in total. The van der Waals surface area contributed by atoms with E-state index >= 15 is 0 Å². The van der Waals surface area contributed by atoms with Gasteiger partial charge in [0.25, 0.3) is 0 Å². The van der Waals surface area contributed by atoms with Gasteiger partial charge >= 0.3 is 11.9 Å². The van der Waals surface area contributed by atoms with Crippen LogP contribution in [0, 0.1) is 13.8 Å². The van der Waals surface area contributed by atoms with E-state index in [9.17, 15) is 9.59 Å². The largest absolute Gasteiger partial charge is 0.476 e. The molecule has 3 aromatic heterocycles. The van der Waals surface area contributed by atoms with E-state index in [4.69, 9.17) is 19.0 Å². The average molecular weight is 329 g/mol. The molecule has 0 aromatic carbocycles. The van der Waals surface area contributed by atoms with Crippen molar-refractivity contribution in [3.63, 3.8) is 0 Å². The van der Waals surface area contributed by atoms with Gasteiger partial charge in [-0.3, -0.25) is 0 Å². The predicted molar refractivity (Wildman–Crippen MR) is 78.6 cm³/mol. The lowest BCUT2D eigenvalue weighted by atomic mass is 10.3. The molecule has 122 valence electrons. The van der Waals surface area contributed by atoms with Crippen LogP contribution < -0.4 is 0 Å². The molecule has 0 fully saturated rings. The smallest absolute Gasteiger partial charge is 0.358 e. The highest BCUT2D eigenvalue weighted by Crippen LogP contribution is 2.25. The standard InChI is InChI=1S/C15H11N3O6/c1-6-10(14(19)20)17-12(23-6)8-4-3-5-9(16-8)13-18-11(15(21)22)7(2)24-13/h3-5H,1-2H3,(H,19,20)(H,21,22). The predicted octanol–water partition coefficient (Wildman–Crippen LogP) is 2.40. The van der Waals surface area contributed by atoms with E-state index in [1.165, 1.54) is 13.8 Å². The van der Waals surface area contributed by atoms with E-state index in [0.717, 1.165) is 0 Å². The summed E-state index contributed by atoms with van der Waals surface area (Å²) in [7, 11) is 0. The van der Waals surface area contributed by atoms with Crippen LogP contribution >= 0.6 is 0 Å². The molecule has 9 heteroatoms. The van der Waals surface area contributed by atoms with Crippen LogP contribution in [-0.4, -0.2) is 37.1 Å². The maximum Gasteiger partial charge on any atom is 0.358 e. The first-order valence-electron chi connectivity index (χ1n) is 6.76. The van der Waals surface area contributed by atoms with E-state index in [1.54, 1.807) is 18.2 Å². The summed E-state index contributed by atoms with van der Waals surface area (Å²) in [6, 6.07) is 4.78. The molecular formula is C15H11N3O6. The Balaban J connectivity index is 2.04. The van der Waals surface area contributed by atoms with Crippen molar-refractivity contribution in [2.45, 2.75) is 13.8 Å². The number of hydrogen-bond donors (Lipinski definition) is 2. The lowest BCUT2D eigenvalue weighted by molar-refractivity contribution is 0.0678. The van der Waals surface area contributed by atoms with Gasteiger partial charge in [-0.15, -0.1) is 0 Å². The number of aromatic carboxylic acids is 2. The van der Waals surface area contributed by atoms with Crippen molar-refractivity contribution >= 4 is 11.9 Å². The average Bonchev–Trinajstić information content (AvgIpc) is 3.11. The van der Waals surface area contributed by atoms with Crippen molar-refractivity contribution in [2.24, 2.45) is 0 Å². The van der Waals surface area contributed by atoms with Crippen LogP contribution in [-0.2, 0) is 0 Å². The van der Waals surface area contributed by atoms with Crippen LogP contribution in [0.3, 0.4) is 0 Å². The number of oxazole rings is 2. The lowest BCUT2D eigenvalue weighted by Gasteiger charge is -1.98. The van der Waals surface area contributed by atoms with Gasteiger partial charge in [-0.1, -0.05) is 6.07 Å². The summed E-state index contributed by atoms with van der Waals surface area (Å²) in [6.45, 7) is 2.97. The SMILES string of the molecule is Cc1oc(-c2cccc(-c3nc(C(=O)O)c(C)o3)n2)nc1C(=O)O. The summed E-state index contributed by atoms with van der Waals surface area (Å²) >= 11 is 0. The number of aryl methyl sites for hydroxylation is 2. The summed E-state index contributed by atoms with van der Waals surface area (Å²) in [4.78, 5) is 34.1. The zero-order chi connectivity index (χ0) is 17.4. The highest BCUT2D eigenvalue weighted by Gasteiger charge is 2.20. The second kappa shape index (κ2) is 5.61. The van der Waals surface area contributed by atoms with Crippen molar-refractivity contribution in [2.75, 3.05) is 0 Å². The highest BCUT2D eigenvalue weighted by molar-refractivity contribution is 5.87. The number of carboxylic acid groups (broad SMARTS) is 2. The van der Waals surface area contributed by atoms with E-state index in [-0.39, 0.29) is 46.1 Å². The van der Waals surface area contributed by atoms with Crippen LogP contribution in [0.25, 0.3) is 23.2 Å². The third kappa shape index (κ3) is 2.62. The molecule has 2 N–H and O–H groups in total. The Bertz CT molecular complexity index is 883. The van der Waals surface area contributed by atoms with Crippen LogP contribution in [0.1, 0.15) is 32.5 Å². The molecule has 0 atom stereocenters. The number of aromatic nitrogens is 3. The number of carboxylic acids is 2. The van der Waals surface area contributed by atoms with Gasteiger partial charge < -0.3 is 19.0 Å². The first-order chi connectivity index (χ1) is 11.4. The van der Waals surface area contributed by atoms with Crippen molar-refractivity contribution < 1.29 is 28.6 Å². The second-order valence-electron chi connectivity index (χ2n) is 4.87. The Kier molecular flexibility index (Phi) is 3.60. The molecule has 0 saturated carbocycles. The van der Waals surface area contributed by atoms with E-state index < -0.39 is 11.9 Å². The minimum absolute atomic E-state index is 0.0356. The van der Waals surface area contributed by atoms with Gasteiger partial charge in [0.2, 0.25) is 11.8 Å². The summed E-state index contributed by atoms with van der Waals surface area (Å²) in [5.41, 5.74) is 0.154. The molecule has 0 aliphatic heterocycles. The van der Waals surface area contributed by atoms with Crippen molar-refractivity contribution in [1.82, 2.24) is 15.0 Å². The zero-order valence-electron chi connectivity index (χ0n) is 12.6. The van der Waals surface area contributed by atoms with Crippen LogP contribution in [0.15, 0.2) is 27.0 Å². The molecular weight excluding hydrogens is 318 g/mol. The third-order valence-corrected chi connectivity index (χ3v) is 3.19. The maximum absolute atomic E-state index is 11.0. The molecule has 3 rings (SSSR count). The molecule has 3 heterocycles. The summed E-state index contributed by atoms with van der Waals surface area (Å²) in [5.74, 6) is -2.02. The minimum atomic E-state index is -1.20. The maximum atomic E-state index is 11.0. The first-order valence-corrected chi connectivity index (χ1v) is 6.76. The molecule has 0 aliphatic carbocycles. The molecule has 0 aliphatic rings. The summed E-state index contributed by atoms with van der Waals surface area (Å²) in [5, 5.41) is 18.0. The fraction of sp³-hybridized carbons (Fsp3) is 0.133. The third-order valence-electron chi connectivity index (χ3n) is 3.19. The van der Waals surface area contributed by atoms with E-state index in [2.05, 4.69) is 15.0 Å². The van der Waals surface area contributed by atoms with Crippen LogP contribution in [0.5, 0.6) is 0 Å². The number of hydrogen-bond acceptors (Lipinski definition) is 7. The van der Waals surface area contributed by atoms with Crippen molar-refractivity contribution in [3.05, 3.63) is 41.1 Å². The van der Waals surface area contributed by atoms with Gasteiger partial charge in [-0.2, -0.15) is 0 Å². The quantitative estimate of drug-likeness (QED) is 0.738. The number of pyridine rings is 1. The highest BCUT2D eigenvalue weighted by atomic mass is 16.4. The second-order valence-corrected chi connectivity index (χ2v) is 4.87. The number of rotatable bonds is 4. The Morgan fingerprint density at radius 3 is 1.58 bits per heavy atom. The molecule has 24 heavy (non-hydrogen) atoms. The number of nitrogens with zero attached hydrogens (tertiary/aromatic N) is 3. The molecule has 3 aromatic rings. The summed E-state index contributed by atoms with van der Waals surface area (Å²) < 4.78 is 10.6. The minimum Gasteiger partial charge on any atom is -0.476 e. The molecule has 0 unspecified atom stereocenters. The molecule has 0 radical (unpaired) electrons. The van der Waals surface area contributed by atoms with Gasteiger partial charge in [0, 0.05) is 0 Å². The van der Waals surface area contributed by atoms with Crippen LogP contribution in [0.2, 0.25) is 0 Å². The summed E-state index contributed by atoms with van der Waals surface area (Å²) in [6.07, 6.45) is 0. The molecule has 0 bridgehead atoms. The Hall–Kier alpha value is -3.49. The van der Waals surface area contributed by atoms with Crippen LogP contribution in [0.4, 0.5) is 0 Å². The molecule has 0 spiro atoms. The van der Waals surface area contributed by atoms with E-state index in [0.29, 0.717) is 0 Å². The Labute approximate surface area is 134 Å². The molecule has 0 saturated heterocycles. The number of carbonyl (C=O) groups is 2. The fourth-order valence-corrected chi connectivity index (χ4v) is 2.08. The lowest BCUT2D eigenvalue weighted by Crippen LogP contribution is -1.99. The topological polar surface area (TPSA) is 140 Å². The van der Waals surface area contributed by atoms with Gasteiger partial charge in [0.05, 0.1) is 0 Å². The Morgan fingerprint density at radius 1 is 0.833 bits per heavy atom. The molecule has 0 amide bonds.